The summed E-state index contributed by atoms with van der Waals surface area (Å²) in [6.07, 6.45) is 4.73. The maximum atomic E-state index is 12.7. The number of nitrogens with one attached hydrogen (secondary N) is 1. The molecular weight excluding hydrogens is 404 g/mol. The number of carbonyl (C=O) groups is 1. The lowest BCUT2D eigenvalue weighted by molar-refractivity contribution is 0.0940. The number of likely N-dealkylation sites (tertiary alicyclic amines) is 1. The normalized spacial score (nSPS) is 15.8. The second kappa shape index (κ2) is 11.3. The number of amides is 1. The van der Waals surface area contributed by atoms with Crippen LogP contribution < -0.4 is 5.32 Å². The maximum Gasteiger partial charge on any atom is 0.251 e. The number of carbonyl (C=O) groups excluding carboxylic acids is 1. The molecule has 0 bridgehead atoms. The summed E-state index contributed by atoms with van der Waals surface area (Å²) < 4.78 is 0. The minimum atomic E-state index is -0.0182. The Balaban J connectivity index is 1.24. The Bertz CT molecular complexity index is 1000. The third-order valence-electron chi connectivity index (χ3n) is 6.93. The standard InChI is InChI=1S/C30H36N2O/c1-3-24-9-13-28(14-10-24)23(2)31-30(33)29-15-11-27(12-16-29)22-32-19-17-26(18-20-32)21-25-7-5-4-6-8-25/h4-16,23,26H,3,17-22H2,1-2H3,(H,31,33)/t23-/m1/s1. The first-order valence-corrected chi connectivity index (χ1v) is 12.4. The second-order valence-corrected chi connectivity index (χ2v) is 9.40. The molecule has 1 atom stereocenters. The molecule has 1 saturated heterocycles. The highest BCUT2D eigenvalue weighted by Gasteiger charge is 2.19. The molecular formula is C30H36N2O. The van der Waals surface area contributed by atoms with Crippen molar-refractivity contribution in [3.63, 3.8) is 0 Å². The van der Waals surface area contributed by atoms with Crippen LogP contribution in [0.15, 0.2) is 78.9 Å². The van der Waals surface area contributed by atoms with E-state index in [1.54, 1.807) is 0 Å². The van der Waals surface area contributed by atoms with Crippen molar-refractivity contribution in [2.24, 2.45) is 5.92 Å². The Hall–Kier alpha value is -2.91. The van der Waals surface area contributed by atoms with E-state index in [9.17, 15) is 4.79 Å². The molecule has 1 aliphatic rings. The molecule has 0 saturated carbocycles. The summed E-state index contributed by atoms with van der Waals surface area (Å²) in [4.78, 5) is 15.3. The van der Waals surface area contributed by atoms with Crippen LogP contribution in [0.5, 0.6) is 0 Å². The van der Waals surface area contributed by atoms with Gasteiger partial charge in [0, 0.05) is 12.1 Å². The van der Waals surface area contributed by atoms with Gasteiger partial charge >= 0.3 is 0 Å². The fourth-order valence-corrected chi connectivity index (χ4v) is 4.72. The smallest absolute Gasteiger partial charge is 0.251 e. The first-order valence-electron chi connectivity index (χ1n) is 12.4. The Kier molecular flexibility index (Phi) is 7.96. The van der Waals surface area contributed by atoms with Crippen LogP contribution in [-0.2, 0) is 19.4 Å². The van der Waals surface area contributed by atoms with Crippen molar-refractivity contribution in [2.45, 2.75) is 52.1 Å². The molecule has 3 aromatic carbocycles. The van der Waals surface area contributed by atoms with Crippen molar-refractivity contribution < 1.29 is 4.79 Å². The van der Waals surface area contributed by atoms with Crippen molar-refractivity contribution in [3.05, 3.63) is 107 Å². The third kappa shape index (κ3) is 6.55. The SMILES string of the molecule is CCc1ccc([C@@H](C)NC(=O)c2ccc(CN3CCC(Cc4ccccc4)CC3)cc2)cc1. The van der Waals surface area contributed by atoms with E-state index in [0.717, 1.165) is 43.1 Å². The number of hydrogen-bond donors (Lipinski definition) is 1. The largest absolute Gasteiger partial charge is 0.346 e. The van der Waals surface area contributed by atoms with Gasteiger partial charge in [-0.1, -0.05) is 73.7 Å². The summed E-state index contributed by atoms with van der Waals surface area (Å²) in [5.41, 5.74) is 5.90. The number of hydrogen-bond acceptors (Lipinski definition) is 2. The molecule has 0 spiro atoms. The Morgan fingerprint density at radius 1 is 0.879 bits per heavy atom. The van der Waals surface area contributed by atoms with Gasteiger partial charge in [0.05, 0.1) is 6.04 Å². The van der Waals surface area contributed by atoms with Gasteiger partial charge in [0.2, 0.25) is 0 Å². The van der Waals surface area contributed by atoms with Gasteiger partial charge in [0.25, 0.3) is 5.91 Å². The quantitative estimate of drug-likeness (QED) is 0.453. The Morgan fingerprint density at radius 2 is 1.52 bits per heavy atom. The summed E-state index contributed by atoms with van der Waals surface area (Å²) in [6, 6.07) is 27.4. The molecule has 0 aliphatic carbocycles. The zero-order valence-electron chi connectivity index (χ0n) is 20.0. The number of nitrogens with zero attached hydrogens (tertiary/aromatic N) is 1. The molecule has 0 aromatic heterocycles. The zero-order chi connectivity index (χ0) is 23.0. The second-order valence-electron chi connectivity index (χ2n) is 9.40. The van der Waals surface area contributed by atoms with Gasteiger partial charge in [-0.3, -0.25) is 9.69 Å². The third-order valence-corrected chi connectivity index (χ3v) is 6.93. The van der Waals surface area contributed by atoms with Crippen LogP contribution in [0.3, 0.4) is 0 Å². The molecule has 0 unspecified atom stereocenters. The summed E-state index contributed by atoms with van der Waals surface area (Å²) >= 11 is 0. The van der Waals surface area contributed by atoms with E-state index in [4.69, 9.17) is 0 Å². The van der Waals surface area contributed by atoms with E-state index in [2.05, 4.69) is 83.9 Å². The molecule has 33 heavy (non-hydrogen) atoms. The van der Waals surface area contributed by atoms with Crippen LogP contribution in [0, 0.1) is 5.92 Å². The lowest BCUT2D eigenvalue weighted by atomic mass is 9.90. The predicted octanol–water partition coefficient (Wildman–Crippen LogP) is 6.19. The lowest BCUT2D eigenvalue weighted by Gasteiger charge is -2.32. The highest BCUT2D eigenvalue weighted by atomic mass is 16.1. The first-order chi connectivity index (χ1) is 16.1. The van der Waals surface area contributed by atoms with E-state index in [0.29, 0.717) is 0 Å². The average molecular weight is 441 g/mol. The van der Waals surface area contributed by atoms with Crippen LogP contribution in [0.4, 0.5) is 0 Å². The lowest BCUT2D eigenvalue weighted by Crippen LogP contribution is -2.33. The van der Waals surface area contributed by atoms with E-state index in [-0.39, 0.29) is 11.9 Å². The molecule has 1 amide bonds. The summed E-state index contributed by atoms with van der Waals surface area (Å²) in [7, 11) is 0. The molecule has 1 heterocycles. The molecule has 1 aliphatic heterocycles. The highest BCUT2D eigenvalue weighted by Crippen LogP contribution is 2.23. The summed E-state index contributed by atoms with van der Waals surface area (Å²) in [5, 5.41) is 3.13. The van der Waals surface area contributed by atoms with Gasteiger partial charge in [0.1, 0.15) is 0 Å². The zero-order valence-corrected chi connectivity index (χ0v) is 20.0. The molecule has 4 rings (SSSR count). The Labute approximate surface area is 198 Å². The van der Waals surface area contributed by atoms with Crippen LogP contribution in [0.25, 0.3) is 0 Å². The van der Waals surface area contributed by atoms with Crippen molar-refractivity contribution in [3.8, 4) is 0 Å². The predicted molar refractivity (Wildman–Crippen MR) is 136 cm³/mol. The molecule has 3 nitrogen and oxygen atoms in total. The first kappa shape index (κ1) is 23.3. The van der Waals surface area contributed by atoms with Crippen molar-refractivity contribution in [1.82, 2.24) is 10.2 Å². The fourth-order valence-electron chi connectivity index (χ4n) is 4.72. The number of piperidine rings is 1. The van der Waals surface area contributed by atoms with Gasteiger partial charge in [0.15, 0.2) is 0 Å². The monoisotopic (exact) mass is 440 g/mol. The number of benzene rings is 3. The van der Waals surface area contributed by atoms with Crippen LogP contribution >= 0.6 is 0 Å². The topological polar surface area (TPSA) is 32.3 Å². The minimum absolute atomic E-state index is 0.0136. The van der Waals surface area contributed by atoms with E-state index in [1.165, 1.54) is 36.0 Å². The van der Waals surface area contributed by atoms with Crippen LogP contribution in [-0.4, -0.2) is 23.9 Å². The number of rotatable bonds is 8. The van der Waals surface area contributed by atoms with Gasteiger partial charge in [-0.2, -0.15) is 0 Å². The fraction of sp³-hybridized carbons (Fsp3) is 0.367. The van der Waals surface area contributed by atoms with Gasteiger partial charge in [-0.15, -0.1) is 0 Å². The van der Waals surface area contributed by atoms with E-state index in [1.807, 2.05) is 19.1 Å². The van der Waals surface area contributed by atoms with Gasteiger partial charge < -0.3 is 5.32 Å². The van der Waals surface area contributed by atoms with Crippen molar-refractivity contribution in [1.29, 1.82) is 0 Å². The molecule has 1 N–H and O–H groups in total. The average Bonchev–Trinajstić information content (AvgIpc) is 2.86. The van der Waals surface area contributed by atoms with E-state index < -0.39 is 0 Å². The highest BCUT2D eigenvalue weighted by molar-refractivity contribution is 5.94. The molecule has 3 heteroatoms. The molecule has 3 aromatic rings. The molecule has 172 valence electrons. The van der Waals surface area contributed by atoms with Crippen molar-refractivity contribution in [2.75, 3.05) is 13.1 Å². The minimum Gasteiger partial charge on any atom is -0.346 e. The summed E-state index contributed by atoms with van der Waals surface area (Å²) in [5.74, 6) is 0.769. The van der Waals surface area contributed by atoms with Gasteiger partial charge in [-0.05, 0) is 86.0 Å². The number of aryl methyl sites for hydroxylation is 1. The van der Waals surface area contributed by atoms with E-state index >= 15 is 0 Å². The van der Waals surface area contributed by atoms with Crippen LogP contribution in [0.1, 0.15) is 65.3 Å². The van der Waals surface area contributed by atoms with Crippen LogP contribution in [0.2, 0.25) is 0 Å². The van der Waals surface area contributed by atoms with Crippen molar-refractivity contribution >= 4 is 5.91 Å². The summed E-state index contributed by atoms with van der Waals surface area (Å²) in [6.45, 7) is 7.44. The molecule has 0 radical (unpaired) electrons. The van der Waals surface area contributed by atoms with Gasteiger partial charge in [-0.25, -0.2) is 0 Å². The maximum absolute atomic E-state index is 12.7. The Morgan fingerprint density at radius 3 is 2.15 bits per heavy atom. The molecule has 1 fully saturated rings.